The molecule has 0 heterocycles. The highest BCUT2D eigenvalue weighted by molar-refractivity contribution is 7.80. The zero-order chi connectivity index (χ0) is 4.28. The van der Waals surface area contributed by atoms with Crippen molar-refractivity contribution >= 4 is 35.8 Å². The van der Waals surface area contributed by atoms with Gasteiger partial charge in [-0.15, -0.1) is 23.2 Å². The van der Waals surface area contributed by atoms with E-state index in [1.165, 1.54) is 0 Å². The molecule has 0 bridgehead atoms. The third-order valence-electron chi connectivity index (χ3n) is 0.138. The highest BCUT2D eigenvalue weighted by Gasteiger charge is 1.87. The molecule has 32 valence electrons. The Morgan fingerprint density at radius 3 is 1.80 bits per heavy atom. The van der Waals surface area contributed by atoms with E-state index in [2.05, 4.69) is 12.6 Å². The second-order valence-corrected chi connectivity index (χ2v) is 2.22. The fraction of sp³-hybridized carbons (Fsp3) is 1.00. The van der Waals surface area contributed by atoms with Gasteiger partial charge in [0.05, 0.1) is 0 Å². The Bertz CT molecular complexity index is 21.6. The zero-order valence-corrected chi connectivity index (χ0v) is 4.89. The molecular formula is C2H4Cl2S. The number of thiol groups is 1. The Balaban J connectivity index is 2.54. The molecule has 0 aliphatic heterocycles. The van der Waals surface area contributed by atoms with Crippen LogP contribution in [0, 0.1) is 0 Å². The molecule has 0 spiro atoms. The number of rotatable bonds is 1. The molecule has 0 aromatic rings. The van der Waals surface area contributed by atoms with Crippen molar-refractivity contribution in [2.75, 3.05) is 5.75 Å². The SMILES string of the molecule is SCC(Cl)Cl. The lowest BCUT2D eigenvalue weighted by atomic mass is 10.9. The molecule has 0 rings (SSSR count). The molecule has 0 saturated heterocycles. The number of hydrogen-bond acceptors (Lipinski definition) is 1. The minimum absolute atomic E-state index is 0.307. The Kier molecular flexibility index (Phi) is 3.72. The minimum atomic E-state index is -0.307. The standard InChI is InChI=1S/C2H4Cl2S/c3-2(4)1-5/h2,5H,1H2. The quantitative estimate of drug-likeness (QED) is 0.406. The first kappa shape index (κ1) is 5.93. The van der Waals surface area contributed by atoms with Crippen LogP contribution in [-0.2, 0) is 0 Å². The van der Waals surface area contributed by atoms with E-state index in [1.807, 2.05) is 0 Å². The van der Waals surface area contributed by atoms with Gasteiger partial charge in [-0.25, -0.2) is 0 Å². The summed E-state index contributed by atoms with van der Waals surface area (Å²) in [5.74, 6) is 0.531. The molecule has 0 atom stereocenters. The lowest BCUT2D eigenvalue weighted by Gasteiger charge is -1.84. The van der Waals surface area contributed by atoms with Crippen molar-refractivity contribution in [3.8, 4) is 0 Å². The van der Waals surface area contributed by atoms with Gasteiger partial charge in [-0.3, -0.25) is 0 Å². The van der Waals surface area contributed by atoms with Gasteiger partial charge in [0.15, 0.2) is 0 Å². The third kappa shape index (κ3) is 4.93. The molecule has 0 N–H and O–H groups in total. The molecule has 0 amide bonds. The van der Waals surface area contributed by atoms with Crippen LogP contribution >= 0.6 is 35.8 Å². The van der Waals surface area contributed by atoms with Crippen molar-refractivity contribution in [2.45, 2.75) is 4.84 Å². The van der Waals surface area contributed by atoms with Gasteiger partial charge >= 0.3 is 0 Å². The molecule has 5 heavy (non-hydrogen) atoms. The normalized spacial score (nSPS) is 9.60. The Hall–Kier alpha value is 0.930. The van der Waals surface area contributed by atoms with E-state index < -0.39 is 0 Å². The summed E-state index contributed by atoms with van der Waals surface area (Å²) in [6, 6.07) is 0. The fourth-order valence-electron chi connectivity index (χ4n) is 0. The molecule has 0 nitrogen and oxygen atoms in total. The van der Waals surface area contributed by atoms with Crippen molar-refractivity contribution in [1.29, 1.82) is 0 Å². The van der Waals surface area contributed by atoms with E-state index >= 15 is 0 Å². The largest absolute Gasteiger partial charge is 0.177 e. The minimum Gasteiger partial charge on any atom is -0.177 e. The summed E-state index contributed by atoms with van der Waals surface area (Å²) in [5.41, 5.74) is 0. The van der Waals surface area contributed by atoms with Crippen molar-refractivity contribution in [1.82, 2.24) is 0 Å². The van der Waals surface area contributed by atoms with Crippen molar-refractivity contribution in [3.05, 3.63) is 0 Å². The van der Waals surface area contributed by atoms with E-state index in [4.69, 9.17) is 23.2 Å². The van der Waals surface area contributed by atoms with Gasteiger partial charge in [-0.1, -0.05) is 0 Å². The lowest BCUT2D eigenvalue weighted by Crippen LogP contribution is -1.82. The number of hydrogen-bond donors (Lipinski definition) is 1. The first-order chi connectivity index (χ1) is 2.27. The van der Waals surface area contributed by atoms with E-state index in [9.17, 15) is 0 Å². The van der Waals surface area contributed by atoms with Crippen LogP contribution in [0.2, 0.25) is 0 Å². The van der Waals surface area contributed by atoms with Crippen LogP contribution in [0.5, 0.6) is 0 Å². The molecule has 0 aromatic carbocycles. The Morgan fingerprint density at radius 1 is 1.60 bits per heavy atom. The predicted octanol–water partition coefficient (Wildman–Crippen LogP) is 1.72. The highest BCUT2D eigenvalue weighted by atomic mass is 35.5. The molecular weight excluding hydrogens is 127 g/mol. The second kappa shape index (κ2) is 3.13. The Labute approximate surface area is 46.9 Å². The first-order valence-electron chi connectivity index (χ1n) is 1.16. The second-order valence-electron chi connectivity index (χ2n) is 0.574. The first-order valence-corrected chi connectivity index (χ1v) is 2.67. The maximum absolute atomic E-state index is 5.15. The molecule has 0 saturated carbocycles. The Morgan fingerprint density at radius 2 is 1.80 bits per heavy atom. The average Bonchev–Trinajstić information content (AvgIpc) is 1.38. The molecule has 0 aromatic heterocycles. The smallest absolute Gasteiger partial charge is 0.116 e. The molecule has 0 fully saturated rings. The number of halogens is 2. The van der Waals surface area contributed by atoms with Gasteiger partial charge in [-0.05, 0) is 0 Å². The van der Waals surface area contributed by atoms with Gasteiger partial charge in [0.2, 0.25) is 0 Å². The van der Waals surface area contributed by atoms with Gasteiger partial charge < -0.3 is 0 Å². The van der Waals surface area contributed by atoms with Crippen molar-refractivity contribution in [2.24, 2.45) is 0 Å². The van der Waals surface area contributed by atoms with Crippen LogP contribution in [0.4, 0.5) is 0 Å². The summed E-state index contributed by atoms with van der Waals surface area (Å²) in [4.78, 5) is -0.307. The summed E-state index contributed by atoms with van der Waals surface area (Å²) < 4.78 is 0. The lowest BCUT2D eigenvalue weighted by molar-refractivity contribution is 1.42. The van der Waals surface area contributed by atoms with Crippen LogP contribution in [0.3, 0.4) is 0 Å². The highest BCUT2D eigenvalue weighted by Crippen LogP contribution is 2.00. The monoisotopic (exact) mass is 130 g/mol. The van der Waals surface area contributed by atoms with E-state index in [-0.39, 0.29) is 4.84 Å². The van der Waals surface area contributed by atoms with Gasteiger partial charge in [-0.2, -0.15) is 12.6 Å². The molecule has 0 unspecified atom stereocenters. The molecule has 0 radical (unpaired) electrons. The maximum Gasteiger partial charge on any atom is 0.116 e. The van der Waals surface area contributed by atoms with Gasteiger partial charge in [0.25, 0.3) is 0 Å². The average molecular weight is 131 g/mol. The van der Waals surface area contributed by atoms with E-state index in [0.29, 0.717) is 5.75 Å². The van der Waals surface area contributed by atoms with Crippen LogP contribution in [0.1, 0.15) is 0 Å². The van der Waals surface area contributed by atoms with Crippen molar-refractivity contribution < 1.29 is 0 Å². The molecule has 0 aliphatic rings. The zero-order valence-electron chi connectivity index (χ0n) is 2.49. The fourth-order valence-corrected chi connectivity index (χ4v) is 0. The summed E-state index contributed by atoms with van der Waals surface area (Å²) in [5, 5.41) is 0. The predicted molar refractivity (Wildman–Crippen MR) is 29.3 cm³/mol. The maximum atomic E-state index is 5.15. The van der Waals surface area contributed by atoms with E-state index in [1.54, 1.807) is 0 Å². The molecule has 0 aliphatic carbocycles. The van der Waals surface area contributed by atoms with Crippen LogP contribution in [0.25, 0.3) is 0 Å². The van der Waals surface area contributed by atoms with E-state index in [0.717, 1.165) is 0 Å². The molecule has 3 heteroatoms. The third-order valence-corrected chi connectivity index (χ3v) is 1.24. The van der Waals surface area contributed by atoms with Crippen molar-refractivity contribution in [3.63, 3.8) is 0 Å². The van der Waals surface area contributed by atoms with Crippen LogP contribution < -0.4 is 0 Å². The summed E-state index contributed by atoms with van der Waals surface area (Å²) >= 11 is 14.1. The topological polar surface area (TPSA) is 0 Å². The summed E-state index contributed by atoms with van der Waals surface area (Å²) in [6.07, 6.45) is 0. The van der Waals surface area contributed by atoms with Crippen LogP contribution in [-0.4, -0.2) is 10.6 Å². The summed E-state index contributed by atoms with van der Waals surface area (Å²) in [7, 11) is 0. The van der Waals surface area contributed by atoms with Crippen LogP contribution in [0.15, 0.2) is 0 Å². The summed E-state index contributed by atoms with van der Waals surface area (Å²) in [6.45, 7) is 0. The number of alkyl halides is 2. The van der Waals surface area contributed by atoms with Gasteiger partial charge in [0.1, 0.15) is 4.84 Å². The van der Waals surface area contributed by atoms with Gasteiger partial charge in [0, 0.05) is 5.75 Å².